The first-order chi connectivity index (χ1) is 10.0. The monoisotopic (exact) mass is 294 g/mol. The van der Waals surface area contributed by atoms with E-state index in [1.807, 2.05) is 11.9 Å². The van der Waals surface area contributed by atoms with E-state index in [2.05, 4.69) is 10.2 Å². The summed E-state index contributed by atoms with van der Waals surface area (Å²) in [5.41, 5.74) is 6.40. The van der Waals surface area contributed by atoms with Gasteiger partial charge in [0.2, 0.25) is 5.91 Å². The van der Waals surface area contributed by atoms with E-state index < -0.39 is 5.82 Å². The van der Waals surface area contributed by atoms with Crippen molar-refractivity contribution in [2.24, 2.45) is 0 Å². The maximum Gasteiger partial charge on any atom is 0.238 e. The van der Waals surface area contributed by atoms with Crippen molar-refractivity contribution in [3.8, 4) is 0 Å². The number of rotatable bonds is 6. The van der Waals surface area contributed by atoms with Gasteiger partial charge in [-0.1, -0.05) is 0 Å². The van der Waals surface area contributed by atoms with Crippen molar-refractivity contribution in [1.29, 1.82) is 0 Å². The van der Waals surface area contributed by atoms with Crippen LogP contribution < -0.4 is 11.1 Å². The maximum absolute atomic E-state index is 13.1. The Morgan fingerprint density at radius 1 is 1.43 bits per heavy atom. The number of benzene rings is 1. The Morgan fingerprint density at radius 2 is 2.14 bits per heavy atom. The fourth-order valence-corrected chi connectivity index (χ4v) is 2.47. The molecule has 0 aromatic heterocycles. The molecule has 1 heterocycles. The molecule has 1 saturated heterocycles. The summed E-state index contributed by atoms with van der Waals surface area (Å²) in [5.74, 6) is -0.599. The van der Waals surface area contributed by atoms with Crippen molar-refractivity contribution in [2.75, 3.05) is 50.8 Å². The number of carbonyl (C=O) groups is 1. The summed E-state index contributed by atoms with van der Waals surface area (Å²) in [6.45, 7) is 4.39. The molecule has 0 aliphatic carbocycles. The molecule has 0 bridgehead atoms. The van der Waals surface area contributed by atoms with Gasteiger partial charge in [-0.3, -0.25) is 9.69 Å². The summed E-state index contributed by atoms with van der Waals surface area (Å²) in [7, 11) is 1.91. The number of nitrogen functional groups attached to an aromatic ring is 1. The summed E-state index contributed by atoms with van der Waals surface area (Å²) in [4.78, 5) is 16.3. The van der Waals surface area contributed by atoms with Crippen LogP contribution in [0.3, 0.4) is 0 Å². The van der Waals surface area contributed by atoms with Gasteiger partial charge in [0.05, 0.1) is 17.9 Å². The number of hydrogen-bond acceptors (Lipinski definition) is 4. The molecule has 1 amide bonds. The second kappa shape index (κ2) is 7.38. The molecule has 116 valence electrons. The number of carbonyl (C=O) groups excluding carboxylic acids is 1. The average molecular weight is 294 g/mol. The zero-order valence-corrected chi connectivity index (χ0v) is 12.4. The molecule has 1 aliphatic heterocycles. The van der Waals surface area contributed by atoms with Gasteiger partial charge < -0.3 is 16.0 Å². The van der Waals surface area contributed by atoms with E-state index in [-0.39, 0.29) is 12.5 Å². The minimum Gasteiger partial charge on any atom is -0.397 e. The van der Waals surface area contributed by atoms with Crippen LogP contribution in [0.2, 0.25) is 0 Å². The van der Waals surface area contributed by atoms with Crippen LogP contribution in [0.25, 0.3) is 0 Å². The Hall–Kier alpha value is -1.66. The maximum atomic E-state index is 13.1. The fourth-order valence-electron chi connectivity index (χ4n) is 2.47. The molecule has 21 heavy (non-hydrogen) atoms. The van der Waals surface area contributed by atoms with E-state index in [0.717, 1.165) is 26.2 Å². The first kappa shape index (κ1) is 15.7. The predicted octanol–water partition coefficient (Wildman–Crippen LogP) is 1.37. The molecule has 0 saturated carbocycles. The first-order valence-corrected chi connectivity index (χ1v) is 7.30. The number of amides is 1. The molecule has 3 N–H and O–H groups in total. The molecule has 1 fully saturated rings. The van der Waals surface area contributed by atoms with Crippen LogP contribution in [0.1, 0.15) is 12.8 Å². The lowest BCUT2D eigenvalue weighted by Gasteiger charge is -2.21. The second-order valence-corrected chi connectivity index (χ2v) is 5.57. The highest BCUT2D eigenvalue weighted by atomic mass is 19.1. The number of halogens is 1. The molecule has 0 spiro atoms. The lowest BCUT2D eigenvalue weighted by Crippen LogP contribution is -2.36. The van der Waals surface area contributed by atoms with E-state index in [0.29, 0.717) is 11.4 Å². The topological polar surface area (TPSA) is 61.6 Å². The lowest BCUT2D eigenvalue weighted by atomic mass is 10.2. The quantitative estimate of drug-likeness (QED) is 0.778. The summed E-state index contributed by atoms with van der Waals surface area (Å²) < 4.78 is 13.1. The van der Waals surface area contributed by atoms with Crippen LogP contribution in [0, 0.1) is 5.82 Å². The highest BCUT2D eigenvalue weighted by Gasteiger charge is 2.13. The molecule has 0 unspecified atom stereocenters. The Labute approximate surface area is 124 Å². The van der Waals surface area contributed by atoms with Crippen molar-refractivity contribution in [2.45, 2.75) is 12.8 Å². The van der Waals surface area contributed by atoms with E-state index in [9.17, 15) is 9.18 Å². The van der Waals surface area contributed by atoms with Crippen molar-refractivity contribution in [1.82, 2.24) is 9.80 Å². The van der Waals surface area contributed by atoms with Crippen LogP contribution in [-0.4, -0.2) is 55.5 Å². The highest BCUT2D eigenvalue weighted by Crippen LogP contribution is 2.19. The minimum absolute atomic E-state index is 0.184. The standard InChI is InChI=1S/C15H23FN4O/c1-19(8-9-20-6-2-3-7-20)11-15(21)18-14-10-12(16)4-5-13(14)17/h4-5,10H,2-3,6-9,11,17H2,1H3,(H,18,21). The molecule has 2 rings (SSSR count). The Kier molecular flexibility index (Phi) is 5.52. The van der Waals surface area contributed by atoms with Crippen LogP contribution in [0.5, 0.6) is 0 Å². The smallest absolute Gasteiger partial charge is 0.238 e. The van der Waals surface area contributed by atoms with Gasteiger partial charge >= 0.3 is 0 Å². The van der Waals surface area contributed by atoms with E-state index in [4.69, 9.17) is 5.73 Å². The minimum atomic E-state index is -0.415. The average Bonchev–Trinajstić information content (AvgIpc) is 2.94. The Bertz CT molecular complexity index is 489. The zero-order valence-electron chi connectivity index (χ0n) is 12.4. The number of anilines is 2. The highest BCUT2D eigenvalue weighted by molar-refractivity contribution is 5.95. The molecule has 1 aromatic carbocycles. The molecule has 6 heteroatoms. The van der Waals surface area contributed by atoms with Gasteiger partial charge in [0.25, 0.3) is 0 Å². The van der Waals surface area contributed by atoms with Gasteiger partial charge in [-0.2, -0.15) is 0 Å². The van der Waals surface area contributed by atoms with Gasteiger partial charge in [0, 0.05) is 13.1 Å². The number of nitrogens with two attached hydrogens (primary N) is 1. The van der Waals surface area contributed by atoms with Gasteiger partial charge in [-0.15, -0.1) is 0 Å². The normalized spacial score (nSPS) is 15.6. The summed E-state index contributed by atoms with van der Waals surface area (Å²) >= 11 is 0. The summed E-state index contributed by atoms with van der Waals surface area (Å²) in [6.07, 6.45) is 2.53. The number of nitrogens with zero attached hydrogens (tertiary/aromatic N) is 2. The molecular formula is C15H23FN4O. The van der Waals surface area contributed by atoms with Crippen LogP contribution in [-0.2, 0) is 4.79 Å². The molecule has 0 radical (unpaired) electrons. The number of hydrogen-bond donors (Lipinski definition) is 2. The number of nitrogens with one attached hydrogen (secondary N) is 1. The molecule has 0 atom stereocenters. The van der Waals surface area contributed by atoms with Crippen molar-refractivity contribution in [3.05, 3.63) is 24.0 Å². The summed E-state index contributed by atoms with van der Waals surface area (Å²) in [5, 5.41) is 2.65. The van der Waals surface area contributed by atoms with Crippen molar-refractivity contribution >= 4 is 17.3 Å². The number of likely N-dealkylation sites (N-methyl/N-ethyl adjacent to an activating group) is 1. The third-order valence-electron chi connectivity index (χ3n) is 3.70. The fraction of sp³-hybridized carbons (Fsp3) is 0.533. The third-order valence-corrected chi connectivity index (χ3v) is 3.70. The van der Waals surface area contributed by atoms with Crippen LogP contribution >= 0.6 is 0 Å². The zero-order chi connectivity index (χ0) is 15.2. The second-order valence-electron chi connectivity index (χ2n) is 5.57. The van der Waals surface area contributed by atoms with Crippen molar-refractivity contribution in [3.63, 3.8) is 0 Å². The molecule has 1 aromatic rings. The summed E-state index contributed by atoms with van der Waals surface area (Å²) in [6, 6.07) is 3.95. The van der Waals surface area contributed by atoms with Crippen LogP contribution in [0.15, 0.2) is 18.2 Å². The molecule has 1 aliphatic rings. The van der Waals surface area contributed by atoms with Gasteiger partial charge in [-0.05, 0) is 51.2 Å². The van der Waals surface area contributed by atoms with Gasteiger partial charge in [0.15, 0.2) is 0 Å². The van der Waals surface area contributed by atoms with Gasteiger partial charge in [-0.25, -0.2) is 4.39 Å². The lowest BCUT2D eigenvalue weighted by molar-refractivity contribution is -0.117. The van der Waals surface area contributed by atoms with E-state index >= 15 is 0 Å². The predicted molar refractivity (Wildman–Crippen MR) is 82.6 cm³/mol. The van der Waals surface area contributed by atoms with Crippen molar-refractivity contribution < 1.29 is 9.18 Å². The Morgan fingerprint density at radius 3 is 2.86 bits per heavy atom. The first-order valence-electron chi connectivity index (χ1n) is 7.30. The molecular weight excluding hydrogens is 271 g/mol. The SMILES string of the molecule is CN(CCN1CCCC1)CC(=O)Nc1cc(F)ccc1N. The van der Waals surface area contributed by atoms with Crippen LogP contribution in [0.4, 0.5) is 15.8 Å². The van der Waals surface area contributed by atoms with E-state index in [1.54, 1.807) is 0 Å². The largest absolute Gasteiger partial charge is 0.397 e. The molecule has 5 nitrogen and oxygen atoms in total. The van der Waals surface area contributed by atoms with E-state index in [1.165, 1.54) is 31.0 Å². The third kappa shape index (κ3) is 4.99. The Balaban J connectivity index is 1.76. The number of likely N-dealkylation sites (tertiary alicyclic amines) is 1. The van der Waals surface area contributed by atoms with Gasteiger partial charge in [0.1, 0.15) is 5.82 Å².